The van der Waals surface area contributed by atoms with Crippen LogP contribution >= 0.6 is 0 Å². The van der Waals surface area contributed by atoms with E-state index in [9.17, 15) is 4.79 Å². The molecule has 0 saturated heterocycles. The van der Waals surface area contributed by atoms with Crippen LogP contribution in [0.5, 0.6) is 0 Å². The summed E-state index contributed by atoms with van der Waals surface area (Å²) in [4.78, 5) is 14.0. The van der Waals surface area contributed by atoms with E-state index in [1.54, 1.807) is 0 Å². The summed E-state index contributed by atoms with van der Waals surface area (Å²) in [6.07, 6.45) is 5.43. The monoisotopic (exact) mass is 183 g/mol. The van der Waals surface area contributed by atoms with Crippen LogP contribution in [0.3, 0.4) is 0 Å². The number of carbonyl (C=O) groups excluding carboxylic acids is 1. The van der Waals surface area contributed by atoms with Crippen molar-refractivity contribution >= 4 is 5.97 Å². The number of carbonyl (C=O) groups is 1. The van der Waals surface area contributed by atoms with Crippen LogP contribution in [0, 0.1) is 5.39 Å². The average molecular weight is 183 g/mol. The molecule has 0 aromatic rings. The fraction of sp³-hybridized carbons (Fsp3) is 0.889. The maximum atomic E-state index is 11.2. The Labute approximate surface area is 77.9 Å². The summed E-state index contributed by atoms with van der Waals surface area (Å²) in [5.74, 6) is -0.422. The van der Waals surface area contributed by atoms with Gasteiger partial charge < -0.3 is 4.74 Å². The average Bonchev–Trinajstić information content (AvgIpc) is 2.18. The molecule has 1 aliphatic carbocycles. The maximum Gasteiger partial charge on any atom is 0.405 e. The molecule has 13 heavy (non-hydrogen) atoms. The van der Waals surface area contributed by atoms with Gasteiger partial charge in [0, 0.05) is 6.92 Å². The van der Waals surface area contributed by atoms with Gasteiger partial charge in [-0.2, -0.15) is 0 Å². The summed E-state index contributed by atoms with van der Waals surface area (Å²) in [5.41, 5.74) is 0. The van der Waals surface area contributed by atoms with Crippen LogP contribution in [0.1, 0.15) is 39.0 Å². The molecule has 4 heteroatoms. The number of nitrogens with zero attached hydrogens (tertiary/aromatic N) is 2. The van der Waals surface area contributed by atoms with Gasteiger partial charge in [-0.15, -0.1) is 0 Å². The Bertz CT molecular complexity index is 216. The fourth-order valence-electron chi connectivity index (χ4n) is 1.49. The Morgan fingerprint density at radius 2 is 2.08 bits per heavy atom. The van der Waals surface area contributed by atoms with Gasteiger partial charge >= 0.3 is 12.0 Å². The van der Waals surface area contributed by atoms with Gasteiger partial charge in [0.05, 0.1) is 0 Å². The van der Waals surface area contributed by atoms with E-state index in [-0.39, 0.29) is 6.10 Å². The molecule has 0 aromatic heterocycles. The van der Waals surface area contributed by atoms with Crippen LogP contribution in [-0.2, 0) is 9.53 Å². The van der Waals surface area contributed by atoms with E-state index in [2.05, 4.69) is 4.98 Å². The second-order valence-corrected chi connectivity index (χ2v) is 3.49. The molecule has 1 aliphatic rings. The molecule has 1 saturated carbocycles. The first-order chi connectivity index (χ1) is 6.24. The van der Waals surface area contributed by atoms with E-state index in [4.69, 9.17) is 10.1 Å². The lowest BCUT2D eigenvalue weighted by atomic mass is 9.98. The fourth-order valence-corrected chi connectivity index (χ4v) is 1.49. The van der Waals surface area contributed by atoms with Crippen LogP contribution < -0.4 is 0 Å². The third-order valence-electron chi connectivity index (χ3n) is 2.35. The van der Waals surface area contributed by atoms with Crippen molar-refractivity contribution in [1.29, 1.82) is 5.39 Å². The Kier molecular flexibility index (Phi) is 3.69. The van der Waals surface area contributed by atoms with Crippen LogP contribution in [0.4, 0.5) is 0 Å². The van der Waals surface area contributed by atoms with E-state index in [0.717, 1.165) is 25.7 Å². The van der Waals surface area contributed by atoms with Gasteiger partial charge in [-0.1, -0.05) is 6.42 Å². The number of hydrogen-bond acceptors (Lipinski definition) is 3. The maximum absolute atomic E-state index is 11.2. The van der Waals surface area contributed by atoms with Gasteiger partial charge in [-0.3, -0.25) is 0 Å². The van der Waals surface area contributed by atoms with Gasteiger partial charge in [-0.25, -0.2) is 4.79 Å². The highest BCUT2D eigenvalue weighted by Crippen LogP contribution is 2.20. The molecular weight excluding hydrogens is 168 g/mol. The van der Waals surface area contributed by atoms with Gasteiger partial charge in [0.2, 0.25) is 5.39 Å². The number of rotatable bonds is 2. The van der Waals surface area contributed by atoms with Gasteiger partial charge in [-0.05, 0) is 25.7 Å². The van der Waals surface area contributed by atoms with Crippen molar-refractivity contribution in [2.24, 2.45) is 0 Å². The van der Waals surface area contributed by atoms with E-state index < -0.39 is 12.0 Å². The standard InChI is InChI=1S/C9H15N2O2/c1-7(11-10)9(12)13-8-5-3-2-4-6-8/h7-8H,2-6H2,1H3/q+1. The first kappa shape index (κ1) is 9.97. The molecule has 1 unspecified atom stereocenters. The van der Waals surface area contributed by atoms with Crippen molar-refractivity contribution in [2.75, 3.05) is 0 Å². The molecule has 0 N–H and O–H groups in total. The summed E-state index contributed by atoms with van der Waals surface area (Å²) in [6, 6.07) is -0.748. The summed E-state index contributed by atoms with van der Waals surface area (Å²) in [5, 5.41) is 8.36. The van der Waals surface area contributed by atoms with Crippen molar-refractivity contribution < 1.29 is 9.53 Å². The molecule has 0 aromatic carbocycles. The SMILES string of the molecule is CC([N+]#N)C(=O)OC1CCCCC1. The minimum atomic E-state index is -0.748. The second-order valence-electron chi connectivity index (χ2n) is 3.49. The lowest BCUT2D eigenvalue weighted by Gasteiger charge is -2.20. The molecule has 1 fully saturated rings. The summed E-state index contributed by atoms with van der Waals surface area (Å²) in [7, 11) is 0. The zero-order valence-electron chi connectivity index (χ0n) is 7.90. The highest BCUT2D eigenvalue weighted by Gasteiger charge is 2.29. The van der Waals surface area contributed by atoms with Gasteiger partial charge in [0.15, 0.2) is 0 Å². The third-order valence-corrected chi connectivity index (χ3v) is 2.35. The topological polar surface area (TPSA) is 54.5 Å². The third kappa shape index (κ3) is 3.02. The van der Waals surface area contributed by atoms with Crippen LogP contribution in [-0.4, -0.2) is 18.1 Å². The molecule has 0 spiro atoms. The molecule has 0 amide bonds. The van der Waals surface area contributed by atoms with E-state index in [0.29, 0.717) is 0 Å². The Morgan fingerprint density at radius 1 is 1.46 bits per heavy atom. The largest absolute Gasteiger partial charge is 0.456 e. The second kappa shape index (κ2) is 4.80. The van der Waals surface area contributed by atoms with E-state index in [1.807, 2.05) is 0 Å². The lowest BCUT2D eigenvalue weighted by molar-refractivity contribution is -0.150. The molecular formula is C9H15N2O2+. The minimum Gasteiger partial charge on any atom is -0.456 e. The summed E-state index contributed by atoms with van der Waals surface area (Å²) < 4.78 is 5.15. The number of hydrogen-bond donors (Lipinski definition) is 0. The van der Waals surface area contributed by atoms with E-state index in [1.165, 1.54) is 13.3 Å². The Morgan fingerprint density at radius 3 is 2.62 bits per heavy atom. The van der Waals surface area contributed by atoms with Crippen LogP contribution in [0.2, 0.25) is 0 Å². The predicted octanol–water partition coefficient (Wildman–Crippen LogP) is 2.10. The highest BCUT2D eigenvalue weighted by atomic mass is 16.5. The molecule has 72 valence electrons. The lowest BCUT2D eigenvalue weighted by Crippen LogP contribution is -2.25. The Hall–Kier alpha value is -1.11. The molecule has 0 radical (unpaired) electrons. The van der Waals surface area contributed by atoms with Gasteiger partial charge in [0.1, 0.15) is 11.1 Å². The number of esters is 1. The zero-order chi connectivity index (χ0) is 9.68. The summed E-state index contributed by atoms with van der Waals surface area (Å²) >= 11 is 0. The van der Waals surface area contributed by atoms with Crippen molar-refractivity contribution in [2.45, 2.75) is 51.2 Å². The molecule has 0 bridgehead atoms. The Balaban J connectivity index is 2.31. The first-order valence-corrected chi connectivity index (χ1v) is 4.78. The predicted molar refractivity (Wildman–Crippen MR) is 47.5 cm³/mol. The zero-order valence-corrected chi connectivity index (χ0v) is 7.90. The highest BCUT2D eigenvalue weighted by molar-refractivity contribution is 5.77. The van der Waals surface area contributed by atoms with Crippen molar-refractivity contribution in [3.05, 3.63) is 4.98 Å². The smallest absolute Gasteiger partial charge is 0.405 e. The van der Waals surface area contributed by atoms with Crippen LogP contribution in [0.25, 0.3) is 4.98 Å². The number of diazo groups is 1. The quantitative estimate of drug-likeness (QED) is 0.486. The molecule has 1 rings (SSSR count). The van der Waals surface area contributed by atoms with Crippen molar-refractivity contribution in [3.8, 4) is 0 Å². The molecule has 0 aliphatic heterocycles. The van der Waals surface area contributed by atoms with Crippen LogP contribution in [0.15, 0.2) is 0 Å². The first-order valence-electron chi connectivity index (χ1n) is 4.78. The normalized spacial score (nSPS) is 20.3. The molecule has 1 atom stereocenters. The number of ether oxygens (including phenoxy) is 1. The van der Waals surface area contributed by atoms with Crippen molar-refractivity contribution in [1.82, 2.24) is 0 Å². The van der Waals surface area contributed by atoms with Crippen molar-refractivity contribution in [3.63, 3.8) is 0 Å². The minimum absolute atomic E-state index is 0.0467. The molecule has 0 heterocycles. The van der Waals surface area contributed by atoms with E-state index >= 15 is 0 Å². The molecule has 4 nitrogen and oxygen atoms in total. The van der Waals surface area contributed by atoms with Gasteiger partial charge in [0.25, 0.3) is 0 Å². The summed E-state index contributed by atoms with van der Waals surface area (Å²) in [6.45, 7) is 1.52.